The van der Waals surface area contributed by atoms with Crippen molar-refractivity contribution < 1.29 is 4.79 Å². The van der Waals surface area contributed by atoms with E-state index >= 15 is 0 Å². The summed E-state index contributed by atoms with van der Waals surface area (Å²) in [7, 11) is 0. The number of carbonyl (C=O) groups excluding carboxylic acids is 1. The van der Waals surface area contributed by atoms with Crippen LogP contribution in [-0.2, 0) is 4.79 Å². The van der Waals surface area contributed by atoms with Gasteiger partial charge < -0.3 is 14.7 Å². The number of carbonyl (C=O) groups is 1. The summed E-state index contributed by atoms with van der Waals surface area (Å²) in [6.45, 7) is 2.48. The fourth-order valence-corrected chi connectivity index (χ4v) is 3.91. The van der Waals surface area contributed by atoms with E-state index < -0.39 is 0 Å². The van der Waals surface area contributed by atoms with Crippen molar-refractivity contribution in [3.05, 3.63) is 58.6 Å². The summed E-state index contributed by atoms with van der Waals surface area (Å²) < 4.78 is 0. The zero-order valence-electron chi connectivity index (χ0n) is 13.7. The van der Waals surface area contributed by atoms with Gasteiger partial charge in [-0.25, -0.2) is 0 Å². The third kappa shape index (κ3) is 3.16. The molecule has 25 heavy (non-hydrogen) atoms. The summed E-state index contributed by atoms with van der Waals surface area (Å²) in [5, 5.41) is 1.43. The molecule has 2 aromatic carbocycles. The van der Waals surface area contributed by atoms with Crippen molar-refractivity contribution in [1.29, 1.82) is 0 Å². The number of halogens is 2. The summed E-state index contributed by atoms with van der Waals surface area (Å²) in [4.78, 5) is 19.0. The van der Waals surface area contributed by atoms with Gasteiger partial charge in [0.1, 0.15) is 0 Å². The molecule has 2 heterocycles. The number of anilines is 2. The lowest BCUT2D eigenvalue weighted by Crippen LogP contribution is -2.53. The lowest BCUT2D eigenvalue weighted by atomic mass is 10.3. The minimum atomic E-state index is -0.114. The van der Waals surface area contributed by atoms with Crippen molar-refractivity contribution in [2.75, 3.05) is 29.4 Å². The van der Waals surface area contributed by atoms with Crippen LogP contribution in [-0.4, -0.2) is 36.7 Å². The van der Waals surface area contributed by atoms with E-state index in [1.807, 2.05) is 53.4 Å². The third-order valence-corrected chi connectivity index (χ3v) is 5.35. The number of hydrogen-bond donors (Lipinski definition) is 0. The average Bonchev–Trinajstić information content (AvgIpc) is 3.22. The molecule has 0 aliphatic carbocycles. The molecule has 4 nitrogen and oxygen atoms in total. The summed E-state index contributed by atoms with van der Waals surface area (Å²) in [5.74, 6) is 0.213. The molecule has 6 heteroatoms. The Hall–Kier alpha value is -1.91. The van der Waals surface area contributed by atoms with Gasteiger partial charge in [0, 0.05) is 47.5 Å². The van der Waals surface area contributed by atoms with Gasteiger partial charge in [0.15, 0.2) is 6.29 Å². The van der Waals surface area contributed by atoms with Crippen LogP contribution in [0.15, 0.2) is 48.5 Å². The quantitative estimate of drug-likeness (QED) is 0.802. The highest BCUT2D eigenvalue weighted by molar-refractivity contribution is 6.30. The number of likely N-dealkylation sites (tertiary alicyclic amines) is 1. The lowest BCUT2D eigenvalue weighted by Gasteiger charge is -2.38. The Balaban J connectivity index is 1.70. The molecule has 130 valence electrons. The maximum absolute atomic E-state index is 12.5. The maximum atomic E-state index is 12.5. The summed E-state index contributed by atoms with van der Waals surface area (Å²) in [6, 6.07) is 15.6. The molecule has 4 rings (SSSR count). The monoisotopic (exact) mass is 375 g/mol. The van der Waals surface area contributed by atoms with Gasteiger partial charge in [0.2, 0.25) is 5.91 Å². The smallest absolute Gasteiger partial charge is 0.225 e. The molecule has 0 bridgehead atoms. The van der Waals surface area contributed by atoms with E-state index in [0.717, 1.165) is 37.4 Å². The second kappa shape index (κ2) is 6.77. The van der Waals surface area contributed by atoms with Gasteiger partial charge in [0.25, 0.3) is 0 Å². The molecule has 0 atom stereocenters. The van der Waals surface area contributed by atoms with Gasteiger partial charge in [-0.3, -0.25) is 4.79 Å². The molecule has 0 aromatic heterocycles. The zero-order chi connectivity index (χ0) is 17.4. The van der Waals surface area contributed by atoms with Crippen LogP contribution in [0, 0.1) is 0 Å². The van der Waals surface area contributed by atoms with Crippen molar-refractivity contribution in [3.63, 3.8) is 0 Å². The number of rotatable bonds is 3. The van der Waals surface area contributed by atoms with Crippen LogP contribution < -0.4 is 9.80 Å². The second-order valence-electron chi connectivity index (χ2n) is 6.38. The van der Waals surface area contributed by atoms with Crippen molar-refractivity contribution in [1.82, 2.24) is 4.90 Å². The Morgan fingerprint density at radius 1 is 0.720 bits per heavy atom. The molecular weight excluding hydrogens is 357 g/mol. The first-order valence-electron chi connectivity index (χ1n) is 8.47. The van der Waals surface area contributed by atoms with Crippen molar-refractivity contribution in [2.45, 2.75) is 19.1 Å². The Bertz CT molecular complexity index is 710. The maximum Gasteiger partial charge on any atom is 0.225 e. The zero-order valence-corrected chi connectivity index (χ0v) is 15.2. The van der Waals surface area contributed by atoms with E-state index in [1.165, 1.54) is 0 Å². The second-order valence-corrected chi connectivity index (χ2v) is 7.25. The van der Waals surface area contributed by atoms with Gasteiger partial charge in [0.05, 0.1) is 0 Å². The van der Waals surface area contributed by atoms with Crippen LogP contribution in [0.1, 0.15) is 12.8 Å². The van der Waals surface area contributed by atoms with Crippen molar-refractivity contribution in [2.24, 2.45) is 0 Å². The fraction of sp³-hybridized carbons (Fsp3) is 0.316. The van der Waals surface area contributed by atoms with E-state index in [1.54, 1.807) is 0 Å². The highest BCUT2D eigenvalue weighted by atomic mass is 35.5. The van der Waals surface area contributed by atoms with E-state index in [2.05, 4.69) is 9.80 Å². The molecule has 0 N–H and O–H groups in total. The fourth-order valence-electron chi connectivity index (χ4n) is 3.65. The van der Waals surface area contributed by atoms with E-state index in [-0.39, 0.29) is 12.2 Å². The summed E-state index contributed by atoms with van der Waals surface area (Å²) >= 11 is 12.1. The SMILES string of the molecule is O=C1CCCN1C1N(c2ccc(Cl)cc2)CCN1c1ccc(Cl)cc1. The standard InChI is InChI=1S/C19H19Cl2N3O/c20-14-3-7-16(8-4-14)22-12-13-23(17-9-5-15(21)6-10-17)19(22)24-11-1-2-18(24)25/h3-10,19H,1-2,11-13H2. The molecule has 0 spiro atoms. The van der Waals surface area contributed by atoms with Crippen LogP contribution >= 0.6 is 23.2 Å². The molecule has 2 fully saturated rings. The van der Waals surface area contributed by atoms with Gasteiger partial charge in [-0.05, 0) is 55.0 Å². The van der Waals surface area contributed by atoms with E-state index in [0.29, 0.717) is 16.5 Å². The normalized spacial score (nSPS) is 18.5. The van der Waals surface area contributed by atoms with Crippen LogP contribution in [0.4, 0.5) is 11.4 Å². The van der Waals surface area contributed by atoms with Gasteiger partial charge in [-0.2, -0.15) is 0 Å². The summed E-state index contributed by atoms with van der Waals surface area (Å²) in [5.41, 5.74) is 2.15. The first-order valence-corrected chi connectivity index (χ1v) is 9.23. The largest absolute Gasteiger partial charge is 0.332 e. The molecule has 2 aromatic rings. The lowest BCUT2D eigenvalue weighted by molar-refractivity contribution is -0.129. The molecule has 2 saturated heterocycles. The van der Waals surface area contributed by atoms with Crippen molar-refractivity contribution >= 4 is 40.5 Å². The molecule has 1 amide bonds. The Labute approximate surface area is 157 Å². The predicted octanol–water partition coefficient (Wildman–Crippen LogP) is 4.23. The minimum absolute atomic E-state index is 0.114. The number of benzene rings is 2. The first kappa shape index (κ1) is 16.6. The predicted molar refractivity (Wildman–Crippen MR) is 102 cm³/mol. The Morgan fingerprint density at radius 2 is 1.20 bits per heavy atom. The molecular formula is C19H19Cl2N3O. The number of nitrogens with zero attached hydrogens (tertiary/aromatic N) is 3. The summed E-state index contributed by atoms with van der Waals surface area (Å²) in [6.07, 6.45) is 1.43. The van der Waals surface area contributed by atoms with Crippen LogP contribution in [0.25, 0.3) is 0 Å². The number of hydrogen-bond acceptors (Lipinski definition) is 3. The van der Waals surface area contributed by atoms with Gasteiger partial charge in [-0.1, -0.05) is 23.2 Å². The van der Waals surface area contributed by atoms with Crippen LogP contribution in [0.2, 0.25) is 10.0 Å². The third-order valence-electron chi connectivity index (χ3n) is 4.84. The first-order chi connectivity index (χ1) is 12.1. The molecule has 0 radical (unpaired) electrons. The van der Waals surface area contributed by atoms with Crippen LogP contribution in [0.5, 0.6) is 0 Å². The molecule has 0 unspecified atom stereocenters. The van der Waals surface area contributed by atoms with Crippen molar-refractivity contribution in [3.8, 4) is 0 Å². The topological polar surface area (TPSA) is 26.8 Å². The van der Waals surface area contributed by atoms with Crippen LogP contribution in [0.3, 0.4) is 0 Å². The minimum Gasteiger partial charge on any atom is -0.332 e. The van der Waals surface area contributed by atoms with Gasteiger partial charge >= 0.3 is 0 Å². The molecule has 2 aliphatic rings. The average molecular weight is 376 g/mol. The Morgan fingerprint density at radius 3 is 1.60 bits per heavy atom. The highest BCUT2D eigenvalue weighted by Crippen LogP contribution is 2.33. The van der Waals surface area contributed by atoms with Gasteiger partial charge in [-0.15, -0.1) is 0 Å². The molecule has 0 saturated carbocycles. The Kier molecular flexibility index (Phi) is 4.48. The molecule has 2 aliphatic heterocycles. The highest BCUT2D eigenvalue weighted by Gasteiger charge is 2.40. The van der Waals surface area contributed by atoms with E-state index in [9.17, 15) is 4.79 Å². The van der Waals surface area contributed by atoms with E-state index in [4.69, 9.17) is 23.2 Å². The number of amides is 1.